The SMILES string of the molecule is C[C@@H]1O[Si]2(CCCC=O)OC1[C@@H](C)O2. The van der Waals surface area contributed by atoms with E-state index in [1.54, 1.807) is 0 Å². The molecule has 0 aromatic carbocycles. The van der Waals surface area contributed by atoms with Crippen molar-refractivity contribution in [3.63, 3.8) is 0 Å². The summed E-state index contributed by atoms with van der Waals surface area (Å²) in [4.78, 5) is 10.2. The van der Waals surface area contributed by atoms with Crippen LogP contribution in [-0.2, 0) is 18.1 Å². The van der Waals surface area contributed by atoms with Gasteiger partial charge in [-0.25, -0.2) is 0 Å². The highest BCUT2D eigenvalue weighted by Crippen LogP contribution is 2.40. The standard InChI is InChI=1S/C9H16O4Si/c1-7-9-8(2)12-14(11-7,13-9)6-4-3-5-10/h5,7-9H,3-4,6H2,1-2H3/t7-,8+,9?,14?. The van der Waals surface area contributed by atoms with Gasteiger partial charge >= 0.3 is 8.80 Å². The Balaban J connectivity index is 1.93. The minimum Gasteiger partial charge on any atom is -0.368 e. The van der Waals surface area contributed by atoms with Gasteiger partial charge in [-0.2, -0.15) is 0 Å². The van der Waals surface area contributed by atoms with Gasteiger partial charge < -0.3 is 18.1 Å². The maximum absolute atomic E-state index is 10.2. The Morgan fingerprint density at radius 3 is 2.36 bits per heavy atom. The summed E-state index contributed by atoms with van der Waals surface area (Å²) in [6.45, 7) is 4.05. The molecule has 0 N–H and O–H groups in total. The van der Waals surface area contributed by atoms with Gasteiger partial charge in [-0.05, 0) is 20.3 Å². The van der Waals surface area contributed by atoms with Crippen LogP contribution in [0, 0.1) is 0 Å². The molecule has 0 aliphatic carbocycles. The first-order chi connectivity index (χ1) is 6.67. The normalized spacial score (nSPS) is 45.7. The van der Waals surface area contributed by atoms with E-state index in [4.69, 9.17) is 13.3 Å². The zero-order valence-electron chi connectivity index (χ0n) is 8.56. The molecule has 2 aliphatic rings. The van der Waals surface area contributed by atoms with Gasteiger partial charge in [0.2, 0.25) is 0 Å². The monoisotopic (exact) mass is 216 g/mol. The van der Waals surface area contributed by atoms with E-state index >= 15 is 0 Å². The number of hydrogen-bond donors (Lipinski definition) is 0. The molecule has 2 heterocycles. The molecule has 0 saturated carbocycles. The van der Waals surface area contributed by atoms with E-state index in [1.165, 1.54) is 0 Å². The van der Waals surface area contributed by atoms with Crippen molar-refractivity contribution in [3.05, 3.63) is 0 Å². The van der Waals surface area contributed by atoms with Crippen LogP contribution in [0.4, 0.5) is 0 Å². The molecule has 2 aliphatic heterocycles. The van der Waals surface area contributed by atoms with Crippen molar-refractivity contribution in [3.8, 4) is 0 Å². The van der Waals surface area contributed by atoms with Crippen molar-refractivity contribution in [2.24, 2.45) is 0 Å². The van der Waals surface area contributed by atoms with Gasteiger partial charge in [0.1, 0.15) is 6.29 Å². The number of unbranched alkanes of at least 4 members (excludes halogenated alkanes) is 1. The summed E-state index contributed by atoms with van der Waals surface area (Å²) in [6.07, 6.45) is 2.72. The third-order valence-corrected chi connectivity index (χ3v) is 5.84. The molecular weight excluding hydrogens is 200 g/mol. The Morgan fingerprint density at radius 1 is 1.21 bits per heavy atom. The largest absolute Gasteiger partial charge is 0.502 e. The molecule has 2 saturated heterocycles. The third kappa shape index (κ3) is 1.65. The summed E-state index contributed by atoms with van der Waals surface area (Å²) in [5, 5.41) is 0. The minimum atomic E-state index is -2.35. The average Bonchev–Trinajstić information content (AvgIpc) is 2.58. The van der Waals surface area contributed by atoms with E-state index in [0.717, 1.165) is 18.8 Å². The molecule has 5 heteroatoms. The van der Waals surface area contributed by atoms with Crippen LogP contribution < -0.4 is 0 Å². The average molecular weight is 216 g/mol. The summed E-state index contributed by atoms with van der Waals surface area (Å²) in [7, 11) is -2.35. The molecule has 0 amide bonds. The van der Waals surface area contributed by atoms with Gasteiger partial charge in [0.05, 0.1) is 18.3 Å². The third-order valence-electron chi connectivity index (χ3n) is 2.78. The fourth-order valence-electron chi connectivity index (χ4n) is 2.14. The van der Waals surface area contributed by atoms with E-state index in [2.05, 4.69) is 0 Å². The van der Waals surface area contributed by atoms with Crippen LogP contribution in [0.2, 0.25) is 6.04 Å². The van der Waals surface area contributed by atoms with Crippen LogP contribution in [0.1, 0.15) is 26.7 Å². The summed E-state index contributed by atoms with van der Waals surface area (Å²) in [5.41, 5.74) is 0. The first-order valence-corrected chi connectivity index (χ1v) is 7.07. The lowest BCUT2D eigenvalue weighted by Crippen LogP contribution is -2.43. The zero-order chi connectivity index (χ0) is 10.2. The number of carbonyl (C=O) groups is 1. The van der Waals surface area contributed by atoms with Crippen LogP contribution in [0.3, 0.4) is 0 Å². The molecule has 2 rings (SSSR count). The van der Waals surface area contributed by atoms with E-state index in [9.17, 15) is 4.79 Å². The second-order valence-electron chi connectivity index (χ2n) is 3.97. The maximum atomic E-state index is 10.2. The highest BCUT2D eigenvalue weighted by molar-refractivity contribution is 6.62. The van der Waals surface area contributed by atoms with Crippen molar-refractivity contribution < 1.29 is 18.1 Å². The summed E-state index contributed by atoms with van der Waals surface area (Å²) in [5.74, 6) is 0. The minimum absolute atomic E-state index is 0.109. The first-order valence-electron chi connectivity index (χ1n) is 5.14. The van der Waals surface area contributed by atoms with Crippen LogP contribution in [0.5, 0.6) is 0 Å². The second-order valence-corrected chi connectivity index (χ2v) is 6.54. The lowest BCUT2D eigenvalue weighted by molar-refractivity contribution is -0.107. The second kappa shape index (κ2) is 3.73. The van der Waals surface area contributed by atoms with Crippen LogP contribution in [0.25, 0.3) is 0 Å². The van der Waals surface area contributed by atoms with E-state index in [0.29, 0.717) is 6.42 Å². The van der Waals surface area contributed by atoms with Gasteiger partial charge in [0.25, 0.3) is 0 Å². The van der Waals surface area contributed by atoms with Gasteiger partial charge in [-0.15, -0.1) is 0 Å². The molecule has 0 aromatic rings. The summed E-state index contributed by atoms with van der Waals surface area (Å²) in [6, 6.07) is 0.775. The topological polar surface area (TPSA) is 44.8 Å². The highest BCUT2D eigenvalue weighted by atomic mass is 28.4. The zero-order valence-corrected chi connectivity index (χ0v) is 9.56. The predicted molar refractivity (Wildman–Crippen MR) is 51.8 cm³/mol. The molecular formula is C9H16O4Si. The lowest BCUT2D eigenvalue weighted by atomic mass is 10.1. The fourth-order valence-corrected chi connectivity index (χ4v) is 5.50. The number of carbonyl (C=O) groups excluding carboxylic acids is 1. The number of rotatable bonds is 4. The Labute approximate surface area is 84.9 Å². The van der Waals surface area contributed by atoms with E-state index in [-0.39, 0.29) is 18.3 Å². The molecule has 2 unspecified atom stereocenters. The summed E-state index contributed by atoms with van der Waals surface area (Å²) >= 11 is 0. The van der Waals surface area contributed by atoms with Gasteiger partial charge in [-0.1, -0.05) is 0 Å². The van der Waals surface area contributed by atoms with Crippen molar-refractivity contribution in [1.82, 2.24) is 0 Å². The molecule has 0 aromatic heterocycles. The quantitative estimate of drug-likeness (QED) is 0.401. The number of hydrogen-bond acceptors (Lipinski definition) is 4. The highest BCUT2D eigenvalue weighted by Gasteiger charge is 2.60. The Kier molecular flexibility index (Phi) is 2.74. The Morgan fingerprint density at radius 2 is 1.86 bits per heavy atom. The van der Waals surface area contributed by atoms with Crippen LogP contribution >= 0.6 is 0 Å². The molecule has 0 spiro atoms. The molecule has 2 fully saturated rings. The van der Waals surface area contributed by atoms with E-state index in [1.807, 2.05) is 13.8 Å². The van der Waals surface area contributed by atoms with Crippen molar-refractivity contribution in [2.75, 3.05) is 0 Å². The lowest BCUT2D eigenvalue weighted by Gasteiger charge is -2.26. The molecule has 4 atom stereocenters. The van der Waals surface area contributed by atoms with Crippen molar-refractivity contribution >= 4 is 15.1 Å². The molecule has 4 nitrogen and oxygen atoms in total. The molecule has 2 bridgehead atoms. The van der Waals surface area contributed by atoms with Crippen molar-refractivity contribution in [2.45, 2.75) is 51.0 Å². The van der Waals surface area contributed by atoms with Crippen LogP contribution in [-0.4, -0.2) is 33.4 Å². The Bertz CT molecular complexity index is 221. The predicted octanol–water partition coefficient (Wildman–Crippen LogP) is 1.13. The van der Waals surface area contributed by atoms with Gasteiger partial charge in [0, 0.05) is 12.5 Å². The molecule has 0 radical (unpaired) electrons. The Hall–Kier alpha value is -0.233. The van der Waals surface area contributed by atoms with E-state index < -0.39 is 8.80 Å². The molecule has 14 heavy (non-hydrogen) atoms. The van der Waals surface area contributed by atoms with Crippen LogP contribution in [0.15, 0.2) is 0 Å². The molecule has 80 valence electrons. The number of fused-ring (bicyclic) bond motifs is 2. The van der Waals surface area contributed by atoms with Gasteiger partial charge in [0.15, 0.2) is 0 Å². The van der Waals surface area contributed by atoms with Gasteiger partial charge in [-0.3, -0.25) is 0 Å². The van der Waals surface area contributed by atoms with Crippen molar-refractivity contribution in [1.29, 1.82) is 0 Å². The first kappa shape index (κ1) is 10.3. The maximum Gasteiger partial charge on any atom is 0.502 e. The number of aldehydes is 1. The smallest absolute Gasteiger partial charge is 0.368 e. The fraction of sp³-hybridized carbons (Fsp3) is 0.889. The summed E-state index contributed by atoms with van der Waals surface area (Å²) < 4.78 is 17.3.